The Hall–Kier alpha value is -0.790. The fraction of sp³-hybridized carbons (Fsp3) is 0.824. The average molecular weight is 360 g/mol. The topological polar surface area (TPSA) is 69.9 Å². The molecule has 0 saturated heterocycles. The van der Waals surface area contributed by atoms with Crippen LogP contribution >= 0.6 is 11.8 Å². The maximum Gasteiger partial charge on any atom is 0.232 e. The molecule has 0 aromatic heterocycles. The van der Waals surface area contributed by atoms with Crippen LogP contribution in [0.25, 0.3) is 0 Å². The van der Waals surface area contributed by atoms with E-state index in [2.05, 4.69) is 37.5 Å². The number of nitrogens with zero attached hydrogens (tertiary/aromatic N) is 3. The Kier molecular flexibility index (Phi) is 14.1. The Balaban J connectivity index is 4.46. The van der Waals surface area contributed by atoms with Gasteiger partial charge in [-0.2, -0.15) is 11.8 Å². The van der Waals surface area contributed by atoms with E-state index < -0.39 is 5.91 Å². The van der Waals surface area contributed by atoms with Crippen LogP contribution in [0.5, 0.6) is 0 Å². The van der Waals surface area contributed by atoms with Gasteiger partial charge < -0.3 is 20.4 Å². The number of thioether (sulfide) groups is 1. The quantitative estimate of drug-likeness (QED) is 0.440. The zero-order valence-electron chi connectivity index (χ0n) is 15.8. The number of rotatable bonds is 15. The van der Waals surface area contributed by atoms with E-state index in [0.717, 1.165) is 52.4 Å². The van der Waals surface area contributed by atoms with Gasteiger partial charge in [0.25, 0.3) is 0 Å². The molecule has 0 rings (SSSR count). The molecule has 0 bridgehead atoms. The second-order valence-electron chi connectivity index (χ2n) is 5.56. The smallest absolute Gasteiger partial charge is 0.232 e. The van der Waals surface area contributed by atoms with Crippen LogP contribution in [-0.2, 0) is 9.59 Å². The summed E-state index contributed by atoms with van der Waals surface area (Å²) in [5, 5.41) is 0. The number of carbonyl (C=O) groups excluding carboxylic acids is 2. The van der Waals surface area contributed by atoms with Gasteiger partial charge in [-0.25, -0.2) is 0 Å². The standard InChI is InChI=1S/C17H35N4O2S/c1-5-19(6-2)10-12-21(13-11-20(7-3)8-4)17(23)15-24-14-9-16(18)22/h9H,5-8,10-15H2,1-4H3,(H2,18,22). The van der Waals surface area contributed by atoms with E-state index in [4.69, 9.17) is 5.73 Å². The second kappa shape index (κ2) is 14.5. The number of hydrogen-bond acceptors (Lipinski definition) is 5. The minimum absolute atomic E-state index is 0.136. The Morgan fingerprint density at radius 1 is 0.875 bits per heavy atom. The summed E-state index contributed by atoms with van der Waals surface area (Å²) < 4.78 is 0. The molecule has 0 aromatic carbocycles. The fourth-order valence-corrected chi connectivity index (χ4v) is 3.10. The normalized spacial score (nSPS) is 11.2. The molecule has 0 aliphatic carbocycles. The first-order chi connectivity index (χ1) is 11.5. The molecular weight excluding hydrogens is 324 g/mol. The van der Waals surface area contributed by atoms with Crippen molar-refractivity contribution in [3.05, 3.63) is 6.42 Å². The van der Waals surface area contributed by atoms with E-state index >= 15 is 0 Å². The fourth-order valence-electron chi connectivity index (χ4n) is 2.34. The highest BCUT2D eigenvalue weighted by Crippen LogP contribution is 2.05. The second-order valence-corrected chi connectivity index (χ2v) is 6.59. The van der Waals surface area contributed by atoms with Gasteiger partial charge in [0.15, 0.2) is 0 Å². The highest BCUT2D eigenvalue weighted by molar-refractivity contribution is 8.00. The van der Waals surface area contributed by atoms with Gasteiger partial charge in [0.2, 0.25) is 11.8 Å². The largest absolute Gasteiger partial charge is 0.369 e. The average Bonchev–Trinajstić information content (AvgIpc) is 2.58. The van der Waals surface area contributed by atoms with Gasteiger partial charge in [-0.15, -0.1) is 0 Å². The predicted molar refractivity (Wildman–Crippen MR) is 103 cm³/mol. The lowest BCUT2D eigenvalue weighted by Crippen LogP contribution is -2.43. The monoisotopic (exact) mass is 359 g/mol. The predicted octanol–water partition coefficient (Wildman–Crippen LogP) is 0.921. The summed E-state index contributed by atoms with van der Waals surface area (Å²) in [6.45, 7) is 15.8. The van der Waals surface area contributed by atoms with Gasteiger partial charge in [-0.05, 0) is 26.2 Å². The zero-order chi connectivity index (χ0) is 18.4. The molecule has 2 amide bonds. The van der Waals surface area contributed by atoms with Crippen LogP contribution in [0, 0.1) is 6.42 Å². The highest BCUT2D eigenvalue weighted by atomic mass is 32.2. The maximum absolute atomic E-state index is 12.5. The van der Waals surface area contributed by atoms with Crippen molar-refractivity contribution in [2.75, 3.05) is 63.9 Å². The van der Waals surface area contributed by atoms with E-state index in [1.54, 1.807) is 0 Å². The van der Waals surface area contributed by atoms with E-state index in [0.29, 0.717) is 11.5 Å². The molecule has 0 spiro atoms. The molecular formula is C17H35N4O2S. The summed E-state index contributed by atoms with van der Waals surface area (Å²) in [7, 11) is 0. The van der Waals surface area contributed by atoms with Crippen molar-refractivity contribution in [2.45, 2.75) is 27.7 Å². The molecule has 0 heterocycles. The molecule has 141 valence electrons. The van der Waals surface area contributed by atoms with Crippen molar-refractivity contribution >= 4 is 23.6 Å². The van der Waals surface area contributed by atoms with Crippen LogP contribution in [0.4, 0.5) is 0 Å². The molecule has 6 nitrogen and oxygen atoms in total. The molecule has 0 atom stereocenters. The van der Waals surface area contributed by atoms with Crippen molar-refractivity contribution in [2.24, 2.45) is 5.73 Å². The van der Waals surface area contributed by atoms with Crippen LogP contribution < -0.4 is 5.73 Å². The van der Waals surface area contributed by atoms with Crippen molar-refractivity contribution < 1.29 is 9.59 Å². The summed E-state index contributed by atoms with van der Waals surface area (Å²) in [6, 6.07) is 0. The van der Waals surface area contributed by atoms with Gasteiger partial charge in [-0.1, -0.05) is 27.7 Å². The maximum atomic E-state index is 12.5. The SMILES string of the molecule is CCN(CC)CCN(CCN(CC)CC)C(=O)CSC[CH]C(N)=O. The number of nitrogens with two attached hydrogens (primary N) is 1. The molecule has 0 fully saturated rings. The number of likely N-dealkylation sites (N-methyl/N-ethyl adjacent to an activating group) is 2. The molecule has 0 saturated carbocycles. The number of carbonyl (C=O) groups is 2. The molecule has 0 unspecified atom stereocenters. The summed E-state index contributed by atoms with van der Waals surface area (Å²) in [4.78, 5) is 29.8. The third-order valence-corrected chi connectivity index (χ3v) is 5.00. The van der Waals surface area contributed by atoms with Gasteiger partial charge in [0.05, 0.1) is 12.2 Å². The number of amides is 2. The lowest BCUT2D eigenvalue weighted by molar-refractivity contribution is -0.128. The summed E-state index contributed by atoms with van der Waals surface area (Å²) in [5.74, 6) is 0.577. The van der Waals surface area contributed by atoms with Gasteiger partial charge in [-0.3, -0.25) is 9.59 Å². The first kappa shape index (κ1) is 23.2. The Morgan fingerprint density at radius 3 is 1.71 bits per heavy atom. The van der Waals surface area contributed by atoms with Crippen LogP contribution in [0.2, 0.25) is 0 Å². The lowest BCUT2D eigenvalue weighted by atomic mass is 10.3. The first-order valence-electron chi connectivity index (χ1n) is 8.91. The van der Waals surface area contributed by atoms with E-state index in [1.807, 2.05) is 4.90 Å². The minimum Gasteiger partial charge on any atom is -0.369 e. The summed E-state index contributed by atoms with van der Waals surface area (Å²) in [6.07, 6.45) is 1.41. The Bertz CT molecular complexity index is 331. The van der Waals surface area contributed by atoms with Crippen molar-refractivity contribution in [1.29, 1.82) is 0 Å². The lowest BCUT2D eigenvalue weighted by Gasteiger charge is -2.29. The molecule has 0 aromatic rings. The third-order valence-electron chi connectivity index (χ3n) is 4.14. The van der Waals surface area contributed by atoms with E-state index in [-0.39, 0.29) is 5.91 Å². The highest BCUT2D eigenvalue weighted by Gasteiger charge is 2.15. The van der Waals surface area contributed by atoms with E-state index in [1.165, 1.54) is 18.2 Å². The molecule has 7 heteroatoms. The number of primary amides is 1. The molecule has 24 heavy (non-hydrogen) atoms. The van der Waals surface area contributed by atoms with Gasteiger partial charge in [0, 0.05) is 31.9 Å². The number of hydrogen-bond donors (Lipinski definition) is 1. The third kappa shape index (κ3) is 10.9. The van der Waals surface area contributed by atoms with Gasteiger partial charge in [0.1, 0.15) is 0 Å². The molecule has 2 N–H and O–H groups in total. The molecule has 0 aliphatic heterocycles. The zero-order valence-corrected chi connectivity index (χ0v) is 16.6. The summed E-state index contributed by atoms with van der Waals surface area (Å²) in [5.41, 5.74) is 5.08. The first-order valence-corrected chi connectivity index (χ1v) is 10.1. The minimum atomic E-state index is -0.435. The van der Waals surface area contributed by atoms with Crippen LogP contribution in [0.15, 0.2) is 0 Å². The van der Waals surface area contributed by atoms with Crippen LogP contribution in [0.1, 0.15) is 27.7 Å². The Morgan fingerprint density at radius 2 is 1.33 bits per heavy atom. The molecule has 0 aliphatic rings. The van der Waals surface area contributed by atoms with E-state index in [9.17, 15) is 9.59 Å². The summed E-state index contributed by atoms with van der Waals surface area (Å²) >= 11 is 1.43. The van der Waals surface area contributed by atoms with Crippen LogP contribution in [-0.4, -0.2) is 90.4 Å². The van der Waals surface area contributed by atoms with Gasteiger partial charge >= 0.3 is 0 Å². The van der Waals surface area contributed by atoms with Crippen molar-refractivity contribution in [1.82, 2.24) is 14.7 Å². The van der Waals surface area contributed by atoms with Crippen LogP contribution in [0.3, 0.4) is 0 Å². The molecule has 1 radical (unpaired) electrons. The van der Waals surface area contributed by atoms with Crippen molar-refractivity contribution in [3.63, 3.8) is 0 Å². The Labute approximate surface area is 152 Å². The van der Waals surface area contributed by atoms with Crippen molar-refractivity contribution in [3.8, 4) is 0 Å².